The molecule has 0 aromatic heterocycles. The first-order chi connectivity index (χ1) is 14.4. The number of hydrogen-bond acceptors (Lipinski definition) is 5. The summed E-state index contributed by atoms with van der Waals surface area (Å²) < 4.78 is 16.8. The van der Waals surface area contributed by atoms with Crippen LogP contribution in [-0.2, 0) is 0 Å². The van der Waals surface area contributed by atoms with Crippen LogP contribution in [0.3, 0.4) is 0 Å². The van der Waals surface area contributed by atoms with Crippen LogP contribution in [-0.4, -0.2) is 56.8 Å². The van der Waals surface area contributed by atoms with Gasteiger partial charge in [0.05, 0.1) is 26.0 Å². The fourth-order valence-electron chi connectivity index (χ4n) is 3.81. The van der Waals surface area contributed by atoms with Gasteiger partial charge in [0.1, 0.15) is 5.75 Å². The van der Waals surface area contributed by atoms with Gasteiger partial charge >= 0.3 is 0 Å². The molecule has 0 saturated carbocycles. The highest BCUT2D eigenvalue weighted by atomic mass is 16.5. The quantitative estimate of drug-likeness (QED) is 0.711. The van der Waals surface area contributed by atoms with Gasteiger partial charge in [-0.05, 0) is 57.5 Å². The Morgan fingerprint density at radius 3 is 2.40 bits per heavy atom. The van der Waals surface area contributed by atoms with Gasteiger partial charge in [-0.15, -0.1) is 0 Å². The van der Waals surface area contributed by atoms with Crippen molar-refractivity contribution in [3.05, 3.63) is 48.0 Å². The molecule has 1 amide bonds. The van der Waals surface area contributed by atoms with E-state index in [1.165, 1.54) is 0 Å². The lowest BCUT2D eigenvalue weighted by molar-refractivity contribution is 0.0704. The highest BCUT2D eigenvalue weighted by Crippen LogP contribution is 2.31. The number of rotatable bonds is 6. The van der Waals surface area contributed by atoms with Gasteiger partial charge in [-0.1, -0.05) is 12.1 Å². The minimum Gasteiger partial charge on any atom is -0.495 e. The highest BCUT2D eigenvalue weighted by molar-refractivity contribution is 5.95. The Labute approximate surface area is 179 Å². The highest BCUT2D eigenvalue weighted by Gasteiger charge is 2.27. The molecule has 1 atom stereocenters. The van der Waals surface area contributed by atoms with Gasteiger partial charge in [0, 0.05) is 31.2 Å². The maximum atomic E-state index is 13.3. The summed E-state index contributed by atoms with van der Waals surface area (Å²) in [5.74, 6) is 2.09. The van der Waals surface area contributed by atoms with Crippen molar-refractivity contribution in [1.82, 2.24) is 4.90 Å². The molecule has 1 saturated heterocycles. The Hall–Kier alpha value is -2.89. The standard InChI is InChI=1S/C24H32N2O4/c1-17(2)30-22-11-10-19(16-23(22)29-5)24(27)26-15-14-25(13-12-18(26)3)20-8-6-7-9-21(20)28-4/h6-11,16-18H,12-15H2,1-5H3/t18-/m0/s1. The van der Waals surface area contributed by atoms with Crippen LogP contribution in [0.15, 0.2) is 42.5 Å². The van der Waals surface area contributed by atoms with E-state index in [9.17, 15) is 4.79 Å². The molecule has 162 valence electrons. The molecular weight excluding hydrogens is 380 g/mol. The van der Waals surface area contributed by atoms with Gasteiger partial charge in [0.15, 0.2) is 11.5 Å². The molecule has 6 nitrogen and oxygen atoms in total. The van der Waals surface area contributed by atoms with E-state index in [1.807, 2.05) is 49.1 Å². The fourth-order valence-corrected chi connectivity index (χ4v) is 3.81. The Morgan fingerprint density at radius 1 is 0.967 bits per heavy atom. The molecule has 1 aliphatic heterocycles. The van der Waals surface area contributed by atoms with Gasteiger partial charge in [0.2, 0.25) is 0 Å². The van der Waals surface area contributed by atoms with Crippen LogP contribution in [0.2, 0.25) is 0 Å². The first-order valence-corrected chi connectivity index (χ1v) is 10.5. The van der Waals surface area contributed by atoms with E-state index in [0.29, 0.717) is 23.6 Å². The summed E-state index contributed by atoms with van der Waals surface area (Å²) in [6.07, 6.45) is 0.919. The van der Waals surface area contributed by atoms with E-state index in [2.05, 4.69) is 17.9 Å². The van der Waals surface area contributed by atoms with Crippen molar-refractivity contribution in [1.29, 1.82) is 0 Å². The summed E-state index contributed by atoms with van der Waals surface area (Å²) in [4.78, 5) is 17.6. The summed E-state index contributed by atoms with van der Waals surface area (Å²) in [6.45, 7) is 8.30. The summed E-state index contributed by atoms with van der Waals surface area (Å²) in [7, 11) is 3.28. The minimum atomic E-state index is 0.0128. The van der Waals surface area contributed by atoms with Crippen LogP contribution >= 0.6 is 0 Å². The fraction of sp³-hybridized carbons (Fsp3) is 0.458. The number of benzene rings is 2. The zero-order valence-corrected chi connectivity index (χ0v) is 18.6. The molecule has 2 aromatic rings. The van der Waals surface area contributed by atoms with Crippen LogP contribution < -0.4 is 19.1 Å². The Kier molecular flexibility index (Phi) is 7.08. The Morgan fingerprint density at radius 2 is 1.70 bits per heavy atom. The monoisotopic (exact) mass is 412 g/mol. The molecule has 1 aliphatic rings. The third-order valence-electron chi connectivity index (χ3n) is 5.42. The minimum absolute atomic E-state index is 0.0128. The molecule has 0 radical (unpaired) electrons. The summed E-state index contributed by atoms with van der Waals surface area (Å²) in [5, 5.41) is 0. The summed E-state index contributed by atoms with van der Waals surface area (Å²) >= 11 is 0. The van der Waals surface area contributed by atoms with Crippen molar-refractivity contribution in [2.24, 2.45) is 0 Å². The van der Waals surface area contributed by atoms with Crippen molar-refractivity contribution < 1.29 is 19.0 Å². The van der Waals surface area contributed by atoms with Crippen molar-refractivity contribution in [2.45, 2.75) is 39.3 Å². The average Bonchev–Trinajstić information content (AvgIpc) is 2.94. The third kappa shape index (κ3) is 4.81. The molecule has 3 rings (SSSR count). The Bertz CT molecular complexity index is 868. The number of amides is 1. The van der Waals surface area contributed by atoms with Gasteiger partial charge in [0.25, 0.3) is 5.91 Å². The zero-order chi connectivity index (χ0) is 21.7. The smallest absolute Gasteiger partial charge is 0.254 e. The van der Waals surface area contributed by atoms with Gasteiger partial charge in [-0.2, -0.15) is 0 Å². The van der Waals surface area contributed by atoms with E-state index in [1.54, 1.807) is 20.3 Å². The number of nitrogens with zero attached hydrogens (tertiary/aromatic N) is 2. The van der Waals surface area contributed by atoms with E-state index >= 15 is 0 Å². The predicted molar refractivity (Wildman–Crippen MR) is 119 cm³/mol. The van der Waals surface area contributed by atoms with E-state index in [0.717, 1.165) is 30.9 Å². The van der Waals surface area contributed by atoms with Gasteiger partial charge < -0.3 is 24.0 Å². The largest absolute Gasteiger partial charge is 0.495 e. The second-order valence-electron chi connectivity index (χ2n) is 7.83. The lowest BCUT2D eigenvalue weighted by Crippen LogP contribution is -2.40. The zero-order valence-electron chi connectivity index (χ0n) is 18.6. The van der Waals surface area contributed by atoms with Gasteiger partial charge in [-0.3, -0.25) is 4.79 Å². The predicted octanol–water partition coefficient (Wildman–Crippen LogP) is 4.23. The molecule has 30 heavy (non-hydrogen) atoms. The Balaban J connectivity index is 1.78. The van der Waals surface area contributed by atoms with Crippen LogP contribution in [0.1, 0.15) is 37.6 Å². The third-order valence-corrected chi connectivity index (χ3v) is 5.42. The van der Waals surface area contributed by atoms with Crippen LogP contribution in [0.25, 0.3) is 0 Å². The maximum Gasteiger partial charge on any atom is 0.254 e. The molecule has 0 aliphatic carbocycles. The average molecular weight is 413 g/mol. The lowest BCUT2D eigenvalue weighted by Gasteiger charge is -2.27. The normalized spacial score (nSPS) is 16.9. The molecule has 0 N–H and O–H groups in total. The molecule has 2 aromatic carbocycles. The number of anilines is 1. The molecule has 0 bridgehead atoms. The van der Waals surface area contributed by atoms with Crippen LogP contribution in [0.4, 0.5) is 5.69 Å². The molecule has 6 heteroatoms. The number of hydrogen-bond donors (Lipinski definition) is 0. The van der Waals surface area contributed by atoms with Crippen molar-refractivity contribution >= 4 is 11.6 Å². The maximum absolute atomic E-state index is 13.3. The number of carbonyl (C=O) groups excluding carboxylic acids is 1. The van der Waals surface area contributed by atoms with E-state index in [-0.39, 0.29) is 18.1 Å². The number of carbonyl (C=O) groups is 1. The first kappa shape index (κ1) is 21.8. The van der Waals surface area contributed by atoms with Crippen LogP contribution in [0.5, 0.6) is 17.2 Å². The first-order valence-electron chi connectivity index (χ1n) is 10.5. The SMILES string of the molecule is COc1cc(C(=O)N2CCN(c3ccccc3OC)CC[C@@H]2C)ccc1OC(C)C. The second-order valence-corrected chi connectivity index (χ2v) is 7.83. The summed E-state index contributed by atoms with van der Waals surface area (Å²) in [6, 6.07) is 13.6. The number of methoxy groups -OCH3 is 2. The second kappa shape index (κ2) is 9.74. The number of para-hydroxylation sites is 2. The van der Waals surface area contributed by atoms with Crippen molar-refractivity contribution in [3.63, 3.8) is 0 Å². The summed E-state index contributed by atoms with van der Waals surface area (Å²) in [5.41, 5.74) is 1.68. The van der Waals surface area contributed by atoms with Gasteiger partial charge in [-0.25, -0.2) is 0 Å². The van der Waals surface area contributed by atoms with E-state index in [4.69, 9.17) is 14.2 Å². The number of ether oxygens (including phenoxy) is 3. The molecule has 1 heterocycles. The molecule has 1 fully saturated rings. The lowest BCUT2D eigenvalue weighted by atomic mass is 10.1. The van der Waals surface area contributed by atoms with E-state index < -0.39 is 0 Å². The van der Waals surface area contributed by atoms with Crippen LogP contribution in [0, 0.1) is 0 Å². The van der Waals surface area contributed by atoms with Crippen molar-refractivity contribution in [2.75, 3.05) is 38.8 Å². The topological polar surface area (TPSA) is 51.2 Å². The molecular formula is C24H32N2O4. The molecule has 0 unspecified atom stereocenters. The molecule has 0 spiro atoms. The van der Waals surface area contributed by atoms with Crippen molar-refractivity contribution in [3.8, 4) is 17.2 Å².